The summed E-state index contributed by atoms with van der Waals surface area (Å²) < 4.78 is 0. The standard InChI is InChI=1S/C11H16N4S/c12-11(16)9-4-5-13-8-10(9)14-15-6-2-1-3-7-15/h4-5,8,14H,1-3,6-7H2,(H2,12,16). The maximum absolute atomic E-state index is 5.66. The molecule has 3 N–H and O–H groups in total. The average Bonchev–Trinajstić information content (AvgIpc) is 2.31. The van der Waals surface area contributed by atoms with Crippen molar-refractivity contribution in [1.82, 2.24) is 9.99 Å². The zero-order chi connectivity index (χ0) is 11.4. The number of nitrogens with one attached hydrogen (secondary N) is 1. The van der Waals surface area contributed by atoms with Gasteiger partial charge in [0.05, 0.1) is 11.9 Å². The molecule has 4 nitrogen and oxygen atoms in total. The van der Waals surface area contributed by atoms with Gasteiger partial charge in [-0.15, -0.1) is 0 Å². The van der Waals surface area contributed by atoms with Crippen LogP contribution in [0.1, 0.15) is 24.8 Å². The number of anilines is 1. The van der Waals surface area contributed by atoms with Gasteiger partial charge in [-0.3, -0.25) is 4.98 Å². The molecule has 0 aliphatic carbocycles. The minimum atomic E-state index is 0.405. The Bertz CT molecular complexity index is 374. The Balaban J connectivity index is 2.10. The van der Waals surface area contributed by atoms with Gasteiger partial charge in [-0.05, 0) is 18.9 Å². The van der Waals surface area contributed by atoms with Crippen LogP contribution in [0.25, 0.3) is 0 Å². The van der Waals surface area contributed by atoms with Gasteiger partial charge in [0.15, 0.2) is 0 Å². The highest BCUT2D eigenvalue weighted by atomic mass is 32.1. The van der Waals surface area contributed by atoms with Crippen molar-refractivity contribution in [3.05, 3.63) is 24.0 Å². The highest BCUT2D eigenvalue weighted by molar-refractivity contribution is 7.80. The summed E-state index contributed by atoms with van der Waals surface area (Å²) in [6, 6.07) is 1.84. The molecule has 0 unspecified atom stereocenters. The van der Waals surface area contributed by atoms with E-state index in [1.54, 1.807) is 12.4 Å². The topological polar surface area (TPSA) is 54.2 Å². The first-order valence-corrected chi connectivity index (χ1v) is 5.93. The zero-order valence-electron chi connectivity index (χ0n) is 9.15. The van der Waals surface area contributed by atoms with Crippen molar-refractivity contribution in [2.45, 2.75) is 19.3 Å². The number of piperidine rings is 1. The monoisotopic (exact) mass is 236 g/mol. The van der Waals surface area contributed by atoms with E-state index in [0.717, 1.165) is 24.3 Å². The van der Waals surface area contributed by atoms with Crippen LogP contribution in [0.2, 0.25) is 0 Å². The van der Waals surface area contributed by atoms with Crippen LogP contribution in [0.4, 0.5) is 5.69 Å². The number of pyridine rings is 1. The first-order valence-electron chi connectivity index (χ1n) is 5.53. The second-order valence-corrected chi connectivity index (χ2v) is 4.38. The predicted octanol–water partition coefficient (Wildman–Crippen LogP) is 1.53. The van der Waals surface area contributed by atoms with Crippen LogP contribution < -0.4 is 11.2 Å². The quantitative estimate of drug-likeness (QED) is 0.779. The summed E-state index contributed by atoms with van der Waals surface area (Å²) >= 11 is 5.01. The molecule has 0 spiro atoms. The summed E-state index contributed by atoms with van der Waals surface area (Å²) in [5, 5.41) is 2.20. The van der Waals surface area contributed by atoms with E-state index in [4.69, 9.17) is 18.0 Å². The third-order valence-corrected chi connectivity index (χ3v) is 2.94. The number of hydrogen-bond donors (Lipinski definition) is 2. The second kappa shape index (κ2) is 5.23. The first kappa shape index (κ1) is 11.3. The molecule has 0 amide bonds. The molecular formula is C11H16N4S. The number of aromatic nitrogens is 1. The van der Waals surface area contributed by atoms with Crippen molar-refractivity contribution in [1.29, 1.82) is 0 Å². The van der Waals surface area contributed by atoms with Crippen LogP contribution >= 0.6 is 12.2 Å². The van der Waals surface area contributed by atoms with E-state index in [0.29, 0.717) is 4.99 Å². The zero-order valence-corrected chi connectivity index (χ0v) is 9.96. The molecule has 2 rings (SSSR count). The minimum absolute atomic E-state index is 0.405. The second-order valence-electron chi connectivity index (χ2n) is 3.95. The summed E-state index contributed by atoms with van der Waals surface area (Å²) in [5.74, 6) is 0. The van der Waals surface area contributed by atoms with E-state index in [9.17, 15) is 0 Å². The molecule has 0 radical (unpaired) electrons. The van der Waals surface area contributed by atoms with Crippen LogP contribution in [-0.4, -0.2) is 28.1 Å². The molecular weight excluding hydrogens is 220 g/mol. The Morgan fingerprint density at radius 1 is 1.38 bits per heavy atom. The van der Waals surface area contributed by atoms with E-state index in [1.165, 1.54) is 19.3 Å². The first-order chi connectivity index (χ1) is 7.77. The number of nitrogens with two attached hydrogens (primary N) is 1. The molecule has 0 bridgehead atoms. The third kappa shape index (κ3) is 2.68. The Morgan fingerprint density at radius 3 is 2.81 bits per heavy atom. The Morgan fingerprint density at radius 2 is 2.12 bits per heavy atom. The highest BCUT2D eigenvalue weighted by Crippen LogP contribution is 2.16. The number of nitrogens with zero attached hydrogens (tertiary/aromatic N) is 2. The van der Waals surface area contributed by atoms with Gasteiger partial charge < -0.3 is 11.2 Å². The molecule has 5 heteroatoms. The lowest BCUT2D eigenvalue weighted by Gasteiger charge is -2.28. The van der Waals surface area contributed by atoms with Gasteiger partial charge >= 0.3 is 0 Å². The van der Waals surface area contributed by atoms with E-state index >= 15 is 0 Å². The lowest BCUT2D eigenvalue weighted by molar-refractivity contribution is 0.273. The van der Waals surface area contributed by atoms with Gasteiger partial charge in [0.2, 0.25) is 0 Å². The van der Waals surface area contributed by atoms with Gasteiger partial charge in [0, 0.05) is 24.8 Å². The van der Waals surface area contributed by atoms with Gasteiger partial charge in [0.1, 0.15) is 4.99 Å². The molecule has 1 aromatic rings. The molecule has 1 aromatic heterocycles. The number of thiocarbonyl (C=S) groups is 1. The molecule has 1 aliphatic rings. The summed E-state index contributed by atoms with van der Waals surface area (Å²) in [4.78, 5) is 4.49. The fraction of sp³-hybridized carbons (Fsp3) is 0.455. The van der Waals surface area contributed by atoms with Crippen molar-refractivity contribution < 1.29 is 0 Å². The molecule has 1 fully saturated rings. The molecule has 1 saturated heterocycles. The van der Waals surface area contributed by atoms with E-state index in [-0.39, 0.29) is 0 Å². The third-order valence-electron chi connectivity index (χ3n) is 2.72. The van der Waals surface area contributed by atoms with Crippen molar-refractivity contribution in [3.63, 3.8) is 0 Å². The van der Waals surface area contributed by atoms with Gasteiger partial charge in [-0.1, -0.05) is 18.6 Å². The molecule has 1 aliphatic heterocycles. The normalized spacial score (nSPS) is 17.0. The molecule has 0 saturated carbocycles. The maximum Gasteiger partial charge on any atom is 0.106 e. The van der Waals surface area contributed by atoms with Gasteiger partial charge in [0.25, 0.3) is 0 Å². The molecule has 16 heavy (non-hydrogen) atoms. The fourth-order valence-corrected chi connectivity index (χ4v) is 2.05. The number of hydrogen-bond acceptors (Lipinski definition) is 4. The van der Waals surface area contributed by atoms with E-state index in [2.05, 4.69) is 15.4 Å². The molecule has 0 aromatic carbocycles. The van der Waals surface area contributed by atoms with E-state index in [1.807, 2.05) is 6.07 Å². The molecule has 0 atom stereocenters. The average molecular weight is 236 g/mol. The smallest absolute Gasteiger partial charge is 0.106 e. The van der Waals surface area contributed by atoms with Crippen LogP contribution in [0, 0.1) is 0 Å². The largest absolute Gasteiger partial charge is 0.389 e. The van der Waals surface area contributed by atoms with Crippen LogP contribution in [0.15, 0.2) is 18.5 Å². The molecule has 86 valence electrons. The van der Waals surface area contributed by atoms with Crippen molar-refractivity contribution >= 4 is 22.9 Å². The minimum Gasteiger partial charge on any atom is -0.389 e. The summed E-state index contributed by atoms with van der Waals surface area (Å²) in [6.45, 7) is 2.12. The Hall–Kier alpha value is -1.20. The summed E-state index contributed by atoms with van der Waals surface area (Å²) in [7, 11) is 0. The van der Waals surface area contributed by atoms with E-state index < -0.39 is 0 Å². The summed E-state index contributed by atoms with van der Waals surface area (Å²) in [5.41, 5.74) is 10.8. The van der Waals surface area contributed by atoms with Crippen molar-refractivity contribution in [2.24, 2.45) is 5.73 Å². The number of hydrazine groups is 1. The Labute approximate surface area is 101 Å². The Kier molecular flexibility index (Phi) is 3.69. The number of rotatable bonds is 3. The summed E-state index contributed by atoms with van der Waals surface area (Å²) in [6.07, 6.45) is 7.25. The van der Waals surface area contributed by atoms with Crippen LogP contribution in [0.3, 0.4) is 0 Å². The van der Waals surface area contributed by atoms with Crippen molar-refractivity contribution in [3.8, 4) is 0 Å². The fourth-order valence-electron chi connectivity index (χ4n) is 1.87. The maximum atomic E-state index is 5.66. The predicted molar refractivity (Wildman–Crippen MR) is 69.2 cm³/mol. The van der Waals surface area contributed by atoms with Crippen LogP contribution in [0.5, 0.6) is 0 Å². The lowest BCUT2D eigenvalue weighted by atomic mass is 10.1. The van der Waals surface area contributed by atoms with Crippen molar-refractivity contribution in [2.75, 3.05) is 18.5 Å². The van der Waals surface area contributed by atoms with Crippen LogP contribution in [-0.2, 0) is 0 Å². The van der Waals surface area contributed by atoms with Gasteiger partial charge in [-0.2, -0.15) is 0 Å². The van der Waals surface area contributed by atoms with Gasteiger partial charge in [-0.25, -0.2) is 5.01 Å². The molecule has 2 heterocycles. The SMILES string of the molecule is NC(=S)c1ccncc1NN1CCCCC1. The lowest BCUT2D eigenvalue weighted by Crippen LogP contribution is -2.35. The highest BCUT2D eigenvalue weighted by Gasteiger charge is 2.12.